The average Bonchev–Trinajstić information content (AvgIpc) is 3.27. The van der Waals surface area contributed by atoms with E-state index < -0.39 is 0 Å². The highest BCUT2D eigenvalue weighted by Crippen LogP contribution is 2.35. The SMILES string of the molecule is CC(Oc1cc(-c2ccccn2)nc2ccsc12)c1cn[nH]n1. The Bertz CT molecular complexity index is 920. The second kappa shape index (κ2) is 5.77. The van der Waals surface area contributed by atoms with E-state index in [0.717, 1.165) is 33.0 Å². The molecule has 0 saturated carbocycles. The van der Waals surface area contributed by atoms with E-state index in [1.165, 1.54) is 0 Å². The molecule has 7 heteroatoms. The Kier molecular flexibility index (Phi) is 3.47. The van der Waals surface area contributed by atoms with Crippen molar-refractivity contribution in [3.05, 3.63) is 53.8 Å². The second-order valence-corrected chi connectivity index (χ2v) is 5.93. The maximum atomic E-state index is 6.11. The third-order valence-corrected chi connectivity index (χ3v) is 4.38. The summed E-state index contributed by atoms with van der Waals surface area (Å²) in [5.74, 6) is 0.779. The molecular weight excluding hydrogens is 310 g/mol. The molecule has 1 atom stereocenters. The number of pyridine rings is 2. The minimum absolute atomic E-state index is 0.210. The van der Waals surface area contributed by atoms with Crippen molar-refractivity contribution < 1.29 is 4.74 Å². The number of rotatable bonds is 4. The maximum Gasteiger partial charge on any atom is 0.141 e. The number of ether oxygens (including phenoxy) is 1. The monoisotopic (exact) mass is 323 g/mol. The van der Waals surface area contributed by atoms with Gasteiger partial charge in [0.05, 0.1) is 27.8 Å². The van der Waals surface area contributed by atoms with Gasteiger partial charge in [-0.2, -0.15) is 15.4 Å². The summed E-state index contributed by atoms with van der Waals surface area (Å²) in [7, 11) is 0. The summed E-state index contributed by atoms with van der Waals surface area (Å²) >= 11 is 1.61. The molecule has 0 radical (unpaired) electrons. The first-order valence-corrected chi connectivity index (χ1v) is 8.01. The number of nitrogens with zero attached hydrogens (tertiary/aromatic N) is 4. The van der Waals surface area contributed by atoms with Gasteiger partial charge in [0.15, 0.2) is 0 Å². The van der Waals surface area contributed by atoms with Gasteiger partial charge in [-0.15, -0.1) is 11.3 Å². The quantitative estimate of drug-likeness (QED) is 0.621. The van der Waals surface area contributed by atoms with Crippen LogP contribution in [0.15, 0.2) is 48.1 Å². The molecule has 1 unspecified atom stereocenters. The van der Waals surface area contributed by atoms with E-state index in [-0.39, 0.29) is 6.10 Å². The van der Waals surface area contributed by atoms with E-state index in [0.29, 0.717) is 0 Å². The van der Waals surface area contributed by atoms with Crippen molar-refractivity contribution in [1.29, 1.82) is 0 Å². The number of aromatic nitrogens is 5. The van der Waals surface area contributed by atoms with Crippen LogP contribution in [0.25, 0.3) is 21.6 Å². The molecule has 0 saturated heterocycles. The zero-order valence-electron chi connectivity index (χ0n) is 12.3. The van der Waals surface area contributed by atoms with E-state index in [1.54, 1.807) is 23.7 Å². The Morgan fingerprint density at radius 2 is 2.17 bits per heavy atom. The number of H-pyrrole nitrogens is 1. The maximum absolute atomic E-state index is 6.11. The van der Waals surface area contributed by atoms with Gasteiger partial charge in [0.25, 0.3) is 0 Å². The number of hydrogen-bond donors (Lipinski definition) is 1. The Labute approximate surface area is 136 Å². The summed E-state index contributed by atoms with van der Waals surface area (Å²) in [6.45, 7) is 1.94. The lowest BCUT2D eigenvalue weighted by Crippen LogP contribution is -2.04. The molecule has 0 fully saturated rings. The van der Waals surface area contributed by atoms with Crippen LogP contribution < -0.4 is 4.74 Å². The van der Waals surface area contributed by atoms with E-state index in [1.807, 2.05) is 42.6 Å². The third-order valence-electron chi connectivity index (χ3n) is 3.46. The van der Waals surface area contributed by atoms with Crippen LogP contribution in [0.5, 0.6) is 5.75 Å². The van der Waals surface area contributed by atoms with Crippen molar-refractivity contribution in [3.8, 4) is 17.1 Å². The van der Waals surface area contributed by atoms with Crippen LogP contribution in [0.4, 0.5) is 0 Å². The van der Waals surface area contributed by atoms with Crippen LogP contribution in [0.1, 0.15) is 18.7 Å². The summed E-state index contributed by atoms with van der Waals surface area (Å²) in [5, 5.41) is 12.5. The minimum atomic E-state index is -0.210. The largest absolute Gasteiger partial charge is 0.483 e. The third kappa shape index (κ3) is 2.66. The van der Waals surface area contributed by atoms with Gasteiger partial charge in [0.2, 0.25) is 0 Å². The van der Waals surface area contributed by atoms with Gasteiger partial charge in [-0.3, -0.25) is 4.98 Å². The highest BCUT2D eigenvalue weighted by molar-refractivity contribution is 7.17. The average molecular weight is 323 g/mol. The lowest BCUT2D eigenvalue weighted by molar-refractivity contribution is 0.225. The molecule has 4 heterocycles. The fourth-order valence-corrected chi connectivity index (χ4v) is 3.11. The van der Waals surface area contributed by atoms with Crippen molar-refractivity contribution in [2.24, 2.45) is 0 Å². The molecule has 23 heavy (non-hydrogen) atoms. The first-order valence-electron chi connectivity index (χ1n) is 7.13. The van der Waals surface area contributed by atoms with Crippen LogP contribution in [0, 0.1) is 0 Å². The number of hydrogen-bond acceptors (Lipinski definition) is 6. The molecule has 0 bridgehead atoms. The number of aromatic amines is 1. The Hall–Kier alpha value is -2.80. The van der Waals surface area contributed by atoms with Crippen molar-refractivity contribution in [1.82, 2.24) is 25.4 Å². The molecule has 0 amide bonds. The Morgan fingerprint density at radius 1 is 1.22 bits per heavy atom. The highest BCUT2D eigenvalue weighted by Gasteiger charge is 2.15. The van der Waals surface area contributed by atoms with Gasteiger partial charge in [-0.25, -0.2) is 4.98 Å². The number of fused-ring (bicyclic) bond motifs is 1. The van der Waals surface area contributed by atoms with E-state index in [4.69, 9.17) is 4.74 Å². The smallest absolute Gasteiger partial charge is 0.141 e. The predicted molar refractivity (Wildman–Crippen MR) is 88.3 cm³/mol. The molecule has 4 rings (SSSR count). The van der Waals surface area contributed by atoms with E-state index >= 15 is 0 Å². The van der Waals surface area contributed by atoms with Gasteiger partial charge in [0, 0.05) is 12.3 Å². The van der Waals surface area contributed by atoms with Crippen LogP contribution in [0.2, 0.25) is 0 Å². The van der Waals surface area contributed by atoms with Crippen molar-refractivity contribution >= 4 is 21.6 Å². The standard InChI is InChI=1S/C16H13N5OS/c1-10(14-9-18-21-20-14)22-15-8-13(11-4-2-3-6-17-11)19-12-5-7-23-16(12)15/h2-10H,1H3,(H,18,20,21). The molecule has 0 spiro atoms. The summed E-state index contributed by atoms with van der Waals surface area (Å²) < 4.78 is 7.13. The van der Waals surface area contributed by atoms with Gasteiger partial charge in [-0.05, 0) is 30.5 Å². The number of nitrogens with one attached hydrogen (secondary N) is 1. The molecular formula is C16H13N5OS. The van der Waals surface area contributed by atoms with Gasteiger partial charge in [-0.1, -0.05) is 6.07 Å². The zero-order valence-corrected chi connectivity index (χ0v) is 13.1. The summed E-state index contributed by atoms with van der Waals surface area (Å²) in [4.78, 5) is 9.04. The molecule has 0 aromatic carbocycles. The van der Waals surface area contributed by atoms with E-state index in [9.17, 15) is 0 Å². The molecule has 4 aromatic rings. The normalized spacial score (nSPS) is 12.4. The fraction of sp³-hybridized carbons (Fsp3) is 0.125. The molecule has 114 valence electrons. The summed E-state index contributed by atoms with van der Waals surface area (Å²) in [6.07, 6.45) is 3.21. The van der Waals surface area contributed by atoms with Crippen molar-refractivity contribution in [3.63, 3.8) is 0 Å². The summed E-state index contributed by atoms with van der Waals surface area (Å²) in [5.41, 5.74) is 3.27. The van der Waals surface area contributed by atoms with Crippen molar-refractivity contribution in [2.75, 3.05) is 0 Å². The first-order chi connectivity index (χ1) is 11.3. The lowest BCUT2D eigenvalue weighted by Gasteiger charge is -2.13. The van der Waals surface area contributed by atoms with E-state index in [2.05, 4.69) is 25.4 Å². The van der Waals surface area contributed by atoms with Gasteiger partial charge < -0.3 is 4.74 Å². The topological polar surface area (TPSA) is 76.6 Å². The van der Waals surface area contributed by atoms with Crippen LogP contribution in [-0.2, 0) is 0 Å². The minimum Gasteiger partial charge on any atom is -0.483 e. The Balaban J connectivity index is 1.77. The zero-order chi connectivity index (χ0) is 15.6. The fourth-order valence-electron chi connectivity index (χ4n) is 2.32. The highest BCUT2D eigenvalue weighted by atomic mass is 32.1. The predicted octanol–water partition coefficient (Wildman–Crippen LogP) is 3.62. The molecule has 6 nitrogen and oxygen atoms in total. The Morgan fingerprint density at radius 3 is 2.96 bits per heavy atom. The lowest BCUT2D eigenvalue weighted by atomic mass is 10.2. The first kappa shape index (κ1) is 13.8. The van der Waals surface area contributed by atoms with Gasteiger partial charge in [0.1, 0.15) is 17.5 Å². The summed E-state index contributed by atoms with van der Waals surface area (Å²) in [6, 6.07) is 9.68. The van der Waals surface area contributed by atoms with Crippen LogP contribution in [-0.4, -0.2) is 25.4 Å². The van der Waals surface area contributed by atoms with Gasteiger partial charge >= 0.3 is 0 Å². The molecule has 0 aliphatic carbocycles. The number of thiophene rings is 1. The molecule has 0 aliphatic rings. The molecule has 0 aliphatic heterocycles. The van der Waals surface area contributed by atoms with Crippen molar-refractivity contribution in [2.45, 2.75) is 13.0 Å². The molecule has 4 aromatic heterocycles. The molecule has 1 N–H and O–H groups in total. The van der Waals surface area contributed by atoms with Crippen LogP contribution >= 0.6 is 11.3 Å². The second-order valence-electron chi connectivity index (χ2n) is 5.01. The van der Waals surface area contributed by atoms with Crippen LogP contribution in [0.3, 0.4) is 0 Å².